The summed E-state index contributed by atoms with van der Waals surface area (Å²) in [6.07, 6.45) is 3.51. The summed E-state index contributed by atoms with van der Waals surface area (Å²) in [4.78, 5) is 21.7. The molecule has 0 radical (unpaired) electrons. The number of aryl methyl sites for hydroxylation is 1. The predicted molar refractivity (Wildman–Crippen MR) is 111 cm³/mol. The van der Waals surface area contributed by atoms with Crippen molar-refractivity contribution in [3.8, 4) is 5.75 Å². The Bertz CT molecular complexity index is 1070. The van der Waals surface area contributed by atoms with Crippen molar-refractivity contribution in [1.82, 2.24) is 19.9 Å². The second kappa shape index (κ2) is 8.32. The maximum absolute atomic E-state index is 13.1. The van der Waals surface area contributed by atoms with Gasteiger partial charge in [0.15, 0.2) is 0 Å². The molecule has 0 aliphatic carbocycles. The molecule has 0 atom stereocenters. The van der Waals surface area contributed by atoms with E-state index < -0.39 is 5.91 Å². The van der Waals surface area contributed by atoms with E-state index in [0.717, 1.165) is 17.6 Å². The number of nitrogens with one attached hydrogen (secondary N) is 2. The van der Waals surface area contributed by atoms with Crippen molar-refractivity contribution in [2.45, 2.75) is 19.9 Å². The molecule has 0 saturated carbocycles. The lowest BCUT2D eigenvalue weighted by Gasteiger charge is -2.19. The van der Waals surface area contributed by atoms with Gasteiger partial charge in [-0.3, -0.25) is 9.78 Å². The van der Waals surface area contributed by atoms with Crippen molar-refractivity contribution in [2.24, 2.45) is 0 Å². The molecule has 0 saturated heterocycles. The Morgan fingerprint density at radius 2 is 2.17 bits per heavy atom. The van der Waals surface area contributed by atoms with Crippen LogP contribution in [0.2, 0.25) is 0 Å². The number of ether oxygens (including phenoxy) is 1. The Morgan fingerprint density at radius 1 is 1.31 bits per heavy atom. The Kier molecular flexibility index (Phi) is 5.44. The topological polar surface area (TPSA) is 101 Å². The van der Waals surface area contributed by atoms with E-state index in [4.69, 9.17) is 4.74 Å². The van der Waals surface area contributed by atoms with Crippen LogP contribution >= 0.6 is 0 Å². The monoisotopic (exact) mass is 393 g/mol. The number of para-hydroxylation sites is 2. The fourth-order valence-electron chi connectivity index (χ4n) is 3.39. The van der Waals surface area contributed by atoms with Crippen LogP contribution in [0.3, 0.4) is 0 Å². The molecule has 3 aromatic rings. The number of allylic oxidation sites excluding steroid dienone is 1. The molecule has 0 spiro atoms. The molecular formula is C21H23N5O3. The van der Waals surface area contributed by atoms with Gasteiger partial charge in [-0.15, -0.1) is 0 Å². The zero-order valence-corrected chi connectivity index (χ0v) is 16.2. The number of hydrogen-bond acceptors (Lipinski definition) is 6. The highest BCUT2D eigenvalue weighted by Crippen LogP contribution is 2.31. The maximum atomic E-state index is 13.1. The fourth-order valence-corrected chi connectivity index (χ4v) is 3.39. The van der Waals surface area contributed by atoms with E-state index in [1.165, 1.54) is 6.20 Å². The number of carbonyl (C=O) groups excluding carboxylic acids is 1. The van der Waals surface area contributed by atoms with Crippen LogP contribution in [0.5, 0.6) is 5.75 Å². The molecule has 3 heterocycles. The average Bonchev–Trinajstić information content (AvgIpc) is 3.10. The predicted octanol–water partition coefficient (Wildman–Crippen LogP) is 2.73. The lowest BCUT2D eigenvalue weighted by Crippen LogP contribution is -2.23. The Labute approximate surface area is 168 Å². The van der Waals surface area contributed by atoms with Crippen molar-refractivity contribution in [3.63, 3.8) is 0 Å². The standard InChI is InChI=1S/C21H23N5O3/c1-2-22-10-12-29-18-7-9-23-13-15(18)25-21(28)19-17(27)8-11-26-16-6-4-3-5-14(16)24-20(19)26/h3-7,9,13,22,27H,2,8,10-12H2,1H3,(H,25,28). The van der Waals surface area contributed by atoms with Crippen LogP contribution in [0.1, 0.15) is 19.2 Å². The van der Waals surface area contributed by atoms with Crippen molar-refractivity contribution in [1.29, 1.82) is 0 Å². The first-order valence-corrected chi connectivity index (χ1v) is 9.65. The first-order chi connectivity index (χ1) is 14.2. The maximum Gasteiger partial charge on any atom is 0.263 e. The zero-order chi connectivity index (χ0) is 20.2. The summed E-state index contributed by atoms with van der Waals surface area (Å²) < 4.78 is 7.71. The van der Waals surface area contributed by atoms with Gasteiger partial charge < -0.3 is 25.0 Å². The summed E-state index contributed by atoms with van der Waals surface area (Å²) >= 11 is 0. The van der Waals surface area contributed by atoms with E-state index in [0.29, 0.717) is 43.4 Å². The van der Waals surface area contributed by atoms with Crippen LogP contribution < -0.4 is 15.4 Å². The van der Waals surface area contributed by atoms with E-state index in [-0.39, 0.29) is 11.3 Å². The van der Waals surface area contributed by atoms with E-state index in [9.17, 15) is 9.90 Å². The minimum atomic E-state index is -0.441. The molecular weight excluding hydrogens is 370 g/mol. The number of imidazole rings is 1. The summed E-state index contributed by atoms with van der Waals surface area (Å²) in [7, 11) is 0. The third-order valence-electron chi connectivity index (χ3n) is 4.78. The SMILES string of the molecule is CCNCCOc1ccncc1NC(=O)C1=C(O)CCn2c1nc1ccccc12. The van der Waals surface area contributed by atoms with E-state index in [1.54, 1.807) is 12.3 Å². The molecule has 1 aromatic carbocycles. The summed E-state index contributed by atoms with van der Waals surface area (Å²) in [6, 6.07) is 9.39. The number of aliphatic hydroxyl groups excluding tert-OH is 1. The Balaban J connectivity index is 1.60. The summed E-state index contributed by atoms with van der Waals surface area (Å²) in [6.45, 7) is 4.62. The van der Waals surface area contributed by atoms with Crippen LogP contribution in [0, 0.1) is 0 Å². The molecule has 3 N–H and O–H groups in total. The molecule has 0 bridgehead atoms. The number of rotatable bonds is 7. The number of aromatic nitrogens is 3. The number of pyridine rings is 1. The Morgan fingerprint density at radius 3 is 3.03 bits per heavy atom. The third kappa shape index (κ3) is 3.79. The number of benzene rings is 1. The van der Waals surface area contributed by atoms with Gasteiger partial charge in [-0.25, -0.2) is 4.98 Å². The summed E-state index contributed by atoms with van der Waals surface area (Å²) in [5, 5.41) is 16.5. The highest BCUT2D eigenvalue weighted by molar-refractivity contribution is 6.25. The van der Waals surface area contributed by atoms with Crippen molar-refractivity contribution < 1.29 is 14.6 Å². The first-order valence-electron chi connectivity index (χ1n) is 9.65. The number of aliphatic hydroxyl groups is 1. The van der Waals surface area contributed by atoms with Crippen molar-refractivity contribution >= 4 is 28.2 Å². The molecule has 0 fully saturated rings. The van der Waals surface area contributed by atoms with Gasteiger partial charge in [0, 0.05) is 31.8 Å². The normalized spacial score (nSPS) is 13.4. The molecule has 1 aliphatic rings. The van der Waals surface area contributed by atoms with E-state index >= 15 is 0 Å². The Hall–Kier alpha value is -3.39. The highest BCUT2D eigenvalue weighted by Gasteiger charge is 2.28. The average molecular weight is 393 g/mol. The van der Waals surface area contributed by atoms with Crippen molar-refractivity contribution in [2.75, 3.05) is 25.0 Å². The number of anilines is 1. The van der Waals surface area contributed by atoms with Crippen LogP contribution in [0.25, 0.3) is 16.6 Å². The van der Waals surface area contributed by atoms with E-state index in [2.05, 4.69) is 20.6 Å². The van der Waals surface area contributed by atoms with Gasteiger partial charge in [0.25, 0.3) is 5.91 Å². The minimum Gasteiger partial charge on any atom is -0.511 e. The molecule has 2 aromatic heterocycles. The van der Waals surface area contributed by atoms with Crippen LogP contribution in [-0.4, -0.2) is 45.2 Å². The largest absolute Gasteiger partial charge is 0.511 e. The molecule has 29 heavy (non-hydrogen) atoms. The molecule has 8 heteroatoms. The van der Waals surface area contributed by atoms with Crippen LogP contribution in [0.4, 0.5) is 5.69 Å². The number of carbonyl (C=O) groups is 1. The van der Waals surface area contributed by atoms with Gasteiger partial charge >= 0.3 is 0 Å². The molecule has 1 amide bonds. The zero-order valence-electron chi connectivity index (χ0n) is 16.2. The molecule has 1 aliphatic heterocycles. The van der Waals surface area contributed by atoms with Gasteiger partial charge in [0.05, 0.1) is 17.2 Å². The number of fused-ring (bicyclic) bond motifs is 3. The second-order valence-corrected chi connectivity index (χ2v) is 6.68. The van der Waals surface area contributed by atoms with Gasteiger partial charge in [-0.05, 0) is 18.7 Å². The van der Waals surface area contributed by atoms with Crippen molar-refractivity contribution in [3.05, 3.63) is 54.3 Å². The molecule has 8 nitrogen and oxygen atoms in total. The fraction of sp³-hybridized carbons (Fsp3) is 0.286. The van der Waals surface area contributed by atoms with Crippen LogP contribution in [-0.2, 0) is 11.3 Å². The second-order valence-electron chi connectivity index (χ2n) is 6.68. The van der Waals surface area contributed by atoms with Gasteiger partial charge in [-0.1, -0.05) is 19.1 Å². The molecule has 4 rings (SSSR count). The number of hydrogen-bond donors (Lipinski definition) is 3. The third-order valence-corrected chi connectivity index (χ3v) is 4.78. The number of nitrogens with zero attached hydrogens (tertiary/aromatic N) is 3. The lowest BCUT2D eigenvalue weighted by molar-refractivity contribution is -0.111. The minimum absolute atomic E-state index is 0.0313. The van der Waals surface area contributed by atoms with Crippen LogP contribution in [0.15, 0.2) is 48.5 Å². The molecule has 0 unspecified atom stereocenters. The van der Waals surface area contributed by atoms with E-state index in [1.807, 2.05) is 35.8 Å². The summed E-state index contributed by atoms with van der Waals surface area (Å²) in [5.41, 5.74) is 2.35. The van der Waals surface area contributed by atoms with Gasteiger partial charge in [0.1, 0.15) is 35.2 Å². The lowest BCUT2D eigenvalue weighted by atomic mass is 10.1. The highest BCUT2D eigenvalue weighted by atomic mass is 16.5. The first kappa shape index (κ1) is 18.9. The van der Waals surface area contributed by atoms with Gasteiger partial charge in [-0.2, -0.15) is 0 Å². The quantitative estimate of drug-likeness (QED) is 0.534. The smallest absolute Gasteiger partial charge is 0.263 e. The molecule has 150 valence electrons. The summed E-state index contributed by atoms with van der Waals surface area (Å²) in [5.74, 6) is 0.578. The number of likely N-dealkylation sites (N-methyl/N-ethyl adjacent to an activating group) is 1. The van der Waals surface area contributed by atoms with Gasteiger partial charge in [0.2, 0.25) is 0 Å². The number of amides is 1.